The van der Waals surface area contributed by atoms with Gasteiger partial charge in [-0.15, -0.1) is 0 Å². The van der Waals surface area contributed by atoms with Gasteiger partial charge in [-0.1, -0.05) is 91.0 Å². The number of esters is 2. The van der Waals surface area contributed by atoms with Crippen LogP contribution in [0.25, 0.3) is 6.08 Å². The average Bonchev–Trinajstić information content (AvgIpc) is 3.11. The van der Waals surface area contributed by atoms with Gasteiger partial charge in [0.1, 0.15) is 0 Å². The lowest BCUT2D eigenvalue weighted by atomic mass is 9.76. The van der Waals surface area contributed by atoms with E-state index >= 15 is 0 Å². The number of hydrogen-bond acceptors (Lipinski definition) is 5. The molecule has 0 radical (unpaired) electrons. The number of benzene rings is 3. The van der Waals surface area contributed by atoms with Crippen LogP contribution < -0.4 is 0 Å². The molecule has 0 aromatic heterocycles. The van der Waals surface area contributed by atoms with Gasteiger partial charge in [-0.05, 0) is 22.8 Å². The third kappa shape index (κ3) is 4.18. The Kier molecular flexibility index (Phi) is 6.17. The van der Waals surface area contributed by atoms with Crippen molar-refractivity contribution >= 4 is 18.0 Å². The molecule has 5 heteroatoms. The highest BCUT2D eigenvalue weighted by Crippen LogP contribution is 2.44. The Morgan fingerprint density at radius 1 is 0.875 bits per heavy atom. The van der Waals surface area contributed by atoms with Crippen molar-refractivity contribution in [1.82, 2.24) is 0 Å². The zero-order chi connectivity index (χ0) is 22.5. The summed E-state index contributed by atoms with van der Waals surface area (Å²) >= 11 is 0. The van der Waals surface area contributed by atoms with Crippen LogP contribution in [0.1, 0.15) is 28.5 Å². The SMILES string of the molecule is COC(=O)C(c1ccccc1)C(C1=C(O)C(=Cc2ccccc2)OC1=O)c1ccccc1. The van der Waals surface area contributed by atoms with E-state index < -0.39 is 23.8 Å². The van der Waals surface area contributed by atoms with Crippen LogP contribution >= 0.6 is 0 Å². The first-order valence-electron chi connectivity index (χ1n) is 10.2. The molecule has 1 heterocycles. The fourth-order valence-corrected chi connectivity index (χ4v) is 3.94. The molecule has 5 nitrogen and oxygen atoms in total. The zero-order valence-electron chi connectivity index (χ0n) is 17.5. The fraction of sp³-hybridized carbons (Fsp3) is 0.111. The molecule has 0 saturated heterocycles. The van der Waals surface area contributed by atoms with Gasteiger partial charge in [0.2, 0.25) is 0 Å². The quantitative estimate of drug-likeness (QED) is 0.553. The number of ether oxygens (including phenoxy) is 2. The first kappa shape index (κ1) is 21.1. The van der Waals surface area contributed by atoms with Gasteiger partial charge in [-0.25, -0.2) is 4.79 Å². The molecule has 160 valence electrons. The summed E-state index contributed by atoms with van der Waals surface area (Å²) in [5.74, 6) is -3.10. The molecule has 0 spiro atoms. The lowest BCUT2D eigenvalue weighted by Crippen LogP contribution is -2.25. The smallest absolute Gasteiger partial charge is 0.344 e. The van der Waals surface area contributed by atoms with Crippen molar-refractivity contribution in [3.63, 3.8) is 0 Å². The van der Waals surface area contributed by atoms with E-state index in [4.69, 9.17) is 9.47 Å². The largest absolute Gasteiger partial charge is 0.504 e. The Morgan fingerprint density at radius 3 is 1.97 bits per heavy atom. The van der Waals surface area contributed by atoms with Crippen molar-refractivity contribution in [3.05, 3.63) is 125 Å². The molecule has 0 aliphatic carbocycles. The number of cyclic esters (lactones) is 1. The third-order valence-electron chi connectivity index (χ3n) is 5.43. The molecule has 4 rings (SSSR count). The van der Waals surface area contributed by atoms with Crippen LogP contribution in [-0.2, 0) is 19.1 Å². The molecule has 1 aliphatic rings. The van der Waals surface area contributed by atoms with Crippen LogP contribution in [0.5, 0.6) is 0 Å². The lowest BCUT2D eigenvalue weighted by molar-refractivity contribution is -0.143. The highest BCUT2D eigenvalue weighted by Gasteiger charge is 2.43. The van der Waals surface area contributed by atoms with Crippen LogP contribution in [0.4, 0.5) is 0 Å². The Balaban J connectivity index is 1.90. The van der Waals surface area contributed by atoms with Crippen molar-refractivity contribution in [2.24, 2.45) is 0 Å². The Bertz CT molecular complexity index is 1160. The number of methoxy groups -OCH3 is 1. The molecule has 0 amide bonds. The summed E-state index contributed by atoms with van der Waals surface area (Å²) in [7, 11) is 1.31. The van der Waals surface area contributed by atoms with Gasteiger partial charge in [0.25, 0.3) is 0 Å². The Labute approximate surface area is 186 Å². The molecular formula is C27H22O5. The molecule has 1 N–H and O–H groups in total. The standard InChI is InChI=1S/C27H22O5/c1-31-26(29)23(20-15-9-4-10-16-20)22(19-13-7-3-8-14-19)24-25(28)21(32-27(24)30)17-18-11-5-2-6-12-18/h2-17,22-23,28H,1H3. The molecule has 2 unspecified atom stereocenters. The van der Waals surface area contributed by atoms with Gasteiger partial charge in [-0.3, -0.25) is 4.79 Å². The van der Waals surface area contributed by atoms with Crippen molar-refractivity contribution in [2.75, 3.05) is 7.11 Å². The minimum absolute atomic E-state index is 0.0256. The zero-order valence-corrected chi connectivity index (χ0v) is 17.5. The first-order chi connectivity index (χ1) is 15.6. The minimum atomic E-state index is -0.857. The molecule has 3 aromatic carbocycles. The maximum Gasteiger partial charge on any atom is 0.344 e. The van der Waals surface area contributed by atoms with E-state index in [1.54, 1.807) is 18.2 Å². The van der Waals surface area contributed by atoms with Gasteiger partial charge in [0, 0.05) is 5.92 Å². The molecular weight excluding hydrogens is 404 g/mol. The molecule has 0 bridgehead atoms. The number of aliphatic hydroxyl groups excluding tert-OH is 1. The second kappa shape index (κ2) is 9.35. The topological polar surface area (TPSA) is 72.8 Å². The second-order valence-electron chi connectivity index (χ2n) is 7.37. The van der Waals surface area contributed by atoms with E-state index in [2.05, 4.69) is 0 Å². The number of carbonyl (C=O) groups is 2. The summed E-state index contributed by atoms with van der Waals surface area (Å²) in [4.78, 5) is 26.0. The molecule has 0 fully saturated rings. The number of rotatable bonds is 6. The highest BCUT2D eigenvalue weighted by molar-refractivity contribution is 5.98. The van der Waals surface area contributed by atoms with Gasteiger partial charge < -0.3 is 14.6 Å². The average molecular weight is 426 g/mol. The van der Waals surface area contributed by atoms with Crippen LogP contribution in [0.3, 0.4) is 0 Å². The van der Waals surface area contributed by atoms with Crippen LogP contribution in [0.15, 0.2) is 108 Å². The van der Waals surface area contributed by atoms with Gasteiger partial charge in [0.15, 0.2) is 11.5 Å². The summed E-state index contributed by atoms with van der Waals surface area (Å²) in [6.45, 7) is 0. The van der Waals surface area contributed by atoms with Crippen molar-refractivity contribution in [3.8, 4) is 0 Å². The van der Waals surface area contributed by atoms with Crippen molar-refractivity contribution in [1.29, 1.82) is 0 Å². The van der Waals surface area contributed by atoms with Crippen LogP contribution in [-0.4, -0.2) is 24.2 Å². The number of carbonyl (C=O) groups excluding carboxylic acids is 2. The monoisotopic (exact) mass is 426 g/mol. The van der Waals surface area contributed by atoms with Gasteiger partial charge in [-0.2, -0.15) is 0 Å². The Hall–Kier alpha value is -4.12. The van der Waals surface area contributed by atoms with Gasteiger partial charge in [0.05, 0.1) is 18.6 Å². The predicted octanol–water partition coefficient (Wildman–Crippen LogP) is 5.14. The summed E-state index contributed by atoms with van der Waals surface area (Å²) in [5.41, 5.74) is 2.15. The maximum atomic E-state index is 13.0. The molecule has 1 aliphatic heterocycles. The molecule has 3 aromatic rings. The third-order valence-corrected chi connectivity index (χ3v) is 5.43. The van der Waals surface area contributed by atoms with E-state index in [9.17, 15) is 14.7 Å². The maximum absolute atomic E-state index is 13.0. The summed E-state index contributed by atoms with van der Waals surface area (Å²) < 4.78 is 10.5. The van der Waals surface area contributed by atoms with Gasteiger partial charge >= 0.3 is 11.9 Å². The summed E-state index contributed by atoms with van der Waals surface area (Å²) in [6, 6.07) is 27.4. The lowest BCUT2D eigenvalue weighted by Gasteiger charge is -2.26. The molecule has 2 atom stereocenters. The normalized spacial score (nSPS) is 16.5. The van der Waals surface area contributed by atoms with E-state index in [0.29, 0.717) is 11.1 Å². The second-order valence-corrected chi connectivity index (χ2v) is 7.37. The summed E-state index contributed by atoms with van der Waals surface area (Å²) in [5, 5.41) is 11.1. The number of aliphatic hydroxyl groups is 1. The minimum Gasteiger partial charge on any atom is -0.504 e. The molecule has 0 saturated carbocycles. The predicted molar refractivity (Wildman–Crippen MR) is 121 cm³/mol. The van der Waals surface area contributed by atoms with E-state index in [0.717, 1.165) is 5.56 Å². The van der Waals surface area contributed by atoms with E-state index in [1.807, 2.05) is 78.9 Å². The van der Waals surface area contributed by atoms with E-state index in [1.165, 1.54) is 7.11 Å². The van der Waals surface area contributed by atoms with Crippen LogP contribution in [0, 0.1) is 0 Å². The molecule has 32 heavy (non-hydrogen) atoms. The van der Waals surface area contributed by atoms with E-state index in [-0.39, 0.29) is 17.1 Å². The highest BCUT2D eigenvalue weighted by atomic mass is 16.6. The van der Waals surface area contributed by atoms with Crippen molar-refractivity contribution < 1.29 is 24.2 Å². The first-order valence-corrected chi connectivity index (χ1v) is 10.2. The summed E-state index contributed by atoms with van der Waals surface area (Å²) in [6.07, 6.45) is 1.60. The van der Waals surface area contributed by atoms with Crippen molar-refractivity contribution in [2.45, 2.75) is 11.8 Å². The van der Waals surface area contributed by atoms with Crippen LogP contribution in [0.2, 0.25) is 0 Å². The number of hydrogen-bond donors (Lipinski definition) is 1. The Morgan fingerprint density at radius 2 is 1.41 bits per heavy atom. The fourth-order valence-electron chi connectivity index (χ4n) is 3.94.